The van der Waals surface area contributed by atoms with Gasteiger partial charge in [-0.2, -0.15) is 0 Å². The molecule has 1 aromatic heterocycles. The van der Waals surface area contributed by atoms with E-state index < -0.39 is 0 Å². The molecule has 1 N–H and O–H groups in total. The van der Waals surface area contributed by atoms with Gasteiger partial charge in [0.25, 0.3) is 0 Å². The highest BCUT2D eigenvalue weighted by Crippen LogP contribution is 2.18. The zero-order valence-corrected chi connectivity index (χ0v) is 8.90. The molecular formula is C11H16N2O2. The van der Waals surface area contributed by atoms with Crippen molar-refractivity contribution in [1.82, 2.24) is 10.2 Å². The Kier molecular flexibility index (Phi) is 2.94. The average molecular weight is 208 g/mol. The van der Waals surface area contributed by atoms with E-state index in [0.29, 0.717) is 12.6 Å². The van der Waals surface area contributed by atoms with E-state index in [1.54, 1.807) is 18.2 Å². The van der Waals surface area contributed by atoms with Gasteiger partial charge in [-0.3, -0.25) is 0 Å². The van der Waals surface area contributed by atoms with Crippen LogP contribution in [0.4, 0.5) is 4.79 Å². The van der Waals surface area contributed by atoms with Crippen molar-refractivity contribution in [2.45, 2.75) is 31.8 Å². The summed E-state index contributed by atoms with van der Waals surface area (Å²) in [4.78, 5) is 13.3. The quantitative estimate of drug-likeness (QED) is 0.825. The first kappa shape index (κ1) is 10.1. The van der Waals surface area contributed by atoms with Gasteiger partial charge in [-0.25, -0.2) is 4.79 Å². The summed E-state index contributed by atoms with van der Waals surface area (Å²) in [6.07, 6.45) is 5.07. The molecule has 2 amide bonds. The second kappa shape index (κ2) is 4.38. The second-order valence-corrected chi connectivity index (χ2v) is 4.01. The molecule has 0 saturated heterocycles. The van der Waals surface area contributed by atoms with Gasteiger partial charge in [-0.1, -0.05) is 0 Å². The lowest BCUT2D eigenvalue weighted by atomic mass is 9.93. The van der Waals surface area contributed by atoms with Crippen molar-refractivity contribution < 1.29 is 9.21 Å². The molecule has 0 spiro atoms. The summed E-state index contributed by atoms with van der Waals surface area (Å²) in [7, 11) is 1.77. The van der Waals surface area contributed by atoms with E-state index in [4.69, 9.17) is 4.42 Å². The molecule has 15 heavy (non-hydrogen) atoms. The highest BCUT2D eigenvalue weighted by Gasteiger charge is 2.21. The number of carbonyl (C=O) groups excluding carboxylic acids is 1. The molecule has 4 heteroatoms. The molecule has 1 fully saturated rings. The first-order valence-electron chi connectivity index (χ1n) is 5.30. The normalized spacial score (nSPS) is 15.8. The molecule has 0 radical (unpaired) electrons. The zero-order chi connectivity index (χ0) is 10.7. The number of nitrogens with one attached hydrogen (secondary N) is 1. The number of urea groups is 1. The van der Waals surface area contributed by atoms with E-state index in [2.05, 4.69) is 5.32 Å². The fourth-order valence-electron chi connectivity index (χ4n) is 1.55. The Morgan fingerprint density at radius 1 is 1.67 bits per heavy atom. The van der Waals surface area contributed by atoms with Gasteiger partial charge in [0.15, 0.2) is 0 Å². The number of nitrogens with zero attached hydrogens (tertiary/aromatic N) is 1. The lowest BCUT2D eigenvalue weighted by Gasteiger charge is -2.28. The summed E-state index contributed by atoms with van der Waals surface area (Å²) in [5.74, 6) is 0.807. The molecule has 82 valence electrons. The fourth-order valence-corrected chi connectivity index (χ4v) is 1.55. The third-order valence-corrected chi connectivity index (χ3v) is 2.75. The molecule has 0 aromatic carbocycles. The average Bonchev–Trinajstić information content (AvgIpc) is 2.63. The summed E-state index contributed by atoms with van der Waals surface area (Å²) < 4.78 is 5.18. The Bertz CT molecular complexity index is 317. The molecule has 0 unspecified atom stereocenters. The minimum Gasteiger partial charge on any atom is -0.467 e. The van der Waals surface area contributed by atoms with Gasteiger partial charge in [0, 0.05) is 13.1 Å². The van der Waals surface area contributed by atoms with E-state index in [1.807, 2.05) is 12.1 Å². The second-order valence-electron chi connectivity index (χ2n) is 4.01. The SMILES string of the molecule is CN(Cc1ccco1)C(=O)NC1CCC1. The predicted molar refractivity (Wildman–Crippen MR) is 56.3 cm³/mol. The molecule has 4 nitrogen and oxygen atoms in total. The number of amides is 2. The Balaban J connectivity index is 1.79. The molecule has 1 aromatic rings. The van der Waals surface area contributed by atoms with Crippen LogP contribution < -0.4 is 5.32 Å². The Labute approximate surface area is 89.2 Å². The maximum atomic E-state index is 11.6. The van der Waals surface area contributed by atoms with E-state index in [0.717, 1.165) is 18.6 Å². The molecule has 1 aliphatic rings. The Hall–Kier alpha value is -1.45. The van der Waals surface area contributed by atoms with Gasteiger partial charge in [-0.05, 0) is 31.4 Å². The van der Waals surface area contributed by atoms with Crippen LogP contribution in [-0.4, -0.2) is 24.0 Å². The van der Waals surface area contributed by atoms with E-state index in [9.17, 15) is 4.79 Å². The molecule has 0 atom stereocenters. The van der Waals surface area contributed by atoms with Gasteiger partial charge in [0.1, 0.15) is 5.76 Å². The van der Waals surface area contributed by atoms with Crippen LogP contribution in [0, 0.1) is 0 Å². The molecule has 1 aliphatic carbocycles. The van der Waals surface area contributed by atoms with Crippen LogP contribution in [0.25, 0.3) is 0 Å². The third-order valence-electron chi connectivity index (χ3n) is 2.75. The number of furan rings is 1. The van der Waals surface area contributed by atoms with Crippen molar-refractivity contribution in [2.24, 2.45) is 0 Å². The Morgan fingerprint density at radius 2 is 2.47 bits per heavy atom. The minimum atomic E-state index is -0.0175. The molecule has 0 aliphatic heterocycles. The molecular weight excluding hydrogens is 192 g/mol. The first-order chi connectivity index (χ1) is 7.25. The summed E-state index contributed by atoms with van der Waals surface area (Å²) in [6.45, 7) is 0.519. The topological polar surface area (TPSA) is 45.5 Å². The lowest BCUT2D eigenvalue weighted by Crippen LogP contribution is -2.45. The third kappa shape index (κ3) is 2.52. The van der Waals surface area contributed by atoms with Crippen LogP contribution >= 0.6 is 0 Å². The van der Waals surface area contributed by atoms with Crippen molar-refractivity contribution in [3.05, 3.63) is 24.2 Å². The number of hydrogen-bond donors (Lipinski definition) is 1. The van der Waals surface area contributed by atoms with Crippen molar-refractivity contribution >= 4 is 6.03 Å². The smallest absolute Gasteiger partial charge is 0.317 e. The van der Waals surface area contributed by atoms with Gasteiger partial charge in [0.05, 0.1) is 12.8 Å². The highest BCUT2D eigenvalue weighted by molar-refractivity contribution is 5.74. The van der Waals surface area contributed by atoms with Crippen LogP contribution in [0.15, 0.2) is 22.8 Å². The largest absolute Gasteiger partial charge is 0.467 e. The van der Waals surface area contributed by atoms with Crippen LogP contribution in [0.3, 0.4) is 0 Å². The van der Waals surface area contributed by atoms with Gasteiger partial charge in [-0.15, -0.1) is 0 Å². The van der Waals surface area contributed by atoms with E-state index >= 15 is 0 Å². The zero-order valence-electron chi connectivity index (χ0n) is 8.90. The fraction of sp³-hybridized carbons (Fsp3) is 0.545. The van der Waals surface area contributed by atoms with Gasteiger partial charge < -0.3 is 14.6 Å². The van der Waals surface area contributed by atoms with Crippen molar-refractivity contribution in [1.29, 1.82) is 0 Å². The van der Waals surface area contributed by atoms with E-state index in [-0.39, 0.29) is 6.03 Å². The monoisotopic (exact) mass is 208 g/mol. The van der Waals surface area contributed by atoms with Crippen LogP contribution in [0.2, 0.25) is 0 Å². The van der Waals surface area contributed by atoms with Crippen molar-refractivity contribution in [3.63, 3.8) is 0 Å². The molecule has 1 saturated carbocycles. The van der Waals surface area contributed by atoms with Gasteiger partial charge >= 0.3 is 6.03 Å². The Morgan fingerprint density at radius 3 is 3.00 bits per heavy atom. The lowest BCUT2D eigenvalue weighted by molar-refractivity contribution is 0.191. The number of carbonyl (C=O) groups is 1. The van der Waals surface area contributed by atoms with E-state index in [1.165, 1.54) is 6.42 Å². The molecule has 0 bridgehead atoms. The summed E-state index contributed by atoms with van der Waals surface area (Å²) in [6, 6.07) is 4.06. The number of rotatable bonds is 3. The highest BCUT2D eigenvalue weighted by atomic mass is 16.3. The summed E-state index contributed by atoms with van der Waals surface area (Å²) in [5.41, 5.74) is 0. The first-order valence-corrected chi connectivity index (χ1v) is 5.30. The number of hydrogen-bond acceptors (Lipinski definition) is 2. The standard InChI is InChI=1S/C11H16N2O2/c1-13(8-10-6-3-7-15-10)11(14)12-9-4-2-5-9/h3,6-7,9H,2,4-5,8H2,1H3,(H,12,14). The van der Waals surface area contributed by atoms with Crippen LogP contribution in [0.1, 0.15) is 25.0 Å². The van der Waals surface area contributed by atoms with Crippen molar-refractivity contribution in [2.75, 3.05) is 7.05 Å². The minimum absolute atomic E-state index is 0.0175. The molecule has 1 heterocycles. The van der Waals surface area contributed by atoms with Gasteiger partial charge in [0.2, 0.25) is 0 Å². The predicted octanol–water partition coefficient (Wildman–Crippen LogP) is 1.97. The summed E-state index contributed by atoms with van der Waals surface area (Å²) >= 11 is 0. The van der Waals surface area contributed by atoms with Crippen LogP contribution in [0.5, 0.6) is 0 Å². The van der Waals surface area contributed by atoms with Crippen molar-refractivity contribution in [3.8, 4) is 0 Å². The summed E-state index contributed by atoms with van der Waals surface area (Å²) in [5, 5.41) is 2.97. The molecule has 2 rings (SSSR count). The van der Waals surface area contributed by atoms with Crippen LogP contribution in [-0.2, 0) is 6.54 Å². The maximum absolute atomic E-state index is 11.6. The maximum Gasteiger partial charge on any atom is 0.317 e.